The molecule has 0 spiro atoms. The van der Waals surface area contributed by atoms with Gasteiger partial charge in [-0.15, -0.1) is 0 Å². The van der Waals surface area contributed by atoms with Crippen molar-refractivity contribution in [2.24, 2.45) is 0 Å². The van der Waals surface area contributed by atoms with Gasteiger partial charge in [-0.3, -0.25) is 9.30 Å². The number of benzene rings is 2. The number of nitrogens with zero attached hydrogens (tertiary/aromatic N) is 5. The zero-order valence-corrected chi connectivity index (χ0v) is 19.6. The molecule has 0 radical (unpaired) electrons. The van der Waals surface area contributed by atoms with Gasteiger partial charge in [-0.25, -0.2) is 4.98 Å². The largest absolute Gasteiger partial charge is 0.497 e. The lowest BCUT2D eigenvalue weighted by atomic mass is 9.88. The molecule has 0 atom stereocenters. The van der Waals surface area contributed by atoms with Gasteiger partial charge in [0.15, 0.2) is 5.65 Å². The summed E-state index contributed by atoms with van der Waals surface area (Å²) in [4.78, 5) is 9.99. The van der Waals surface area contributed by atoms with Crippen molar-refractivity contribution in [3.8, 4) is 11.8 Å². The molecule has 1 aliphatic carbocycles. The van der Waals surface area contributed by atoms with E-state index in [9.17, 15) is 5.26 Å². The molecule has 0 N–H and O–H groups in total. The predicted octanol–water partition coefficient (Wildman–Crippen LogP) is 4.57. The highest BCUT2D eigenvalue weighted by molar-refractivity contribution is 5.86. The number of ether oxygens (including phenoxy) is 1. The Balaban J connectivity index is 1.36. The van der Waals surface area contributed by atoms with Gasteiger partial charge in [0.2, 0.25) is 0 Å². The maximum Gasteiger partial charge on any atom is 0.157 e. The molecule has 3 heterocycles. The van der Waals surface area contributed by atoms with Crippen LogP contribution in [0.15, 0.2) is 48.5 Å². The summed E-state index contributed by atoms with van der Waals surface area (Å²) in [6, 6.07) is 19.2. The number of methoxy groups -OCH3 is 1. The van der Waals surface area contributed by atoms with E-state index in [-0.39, 0.29) is 0 Å². The Bertz CT molecular complexity index is 1390. The molecule has 2 aromatic heterocycles. The average Bonchev–Trinajstić information content (AvgIpc) is 3.27. The number of pyridine rings is 1. The van der Waals surface area contributed by atoms with Crippen LogP contribution in [0.5, 0.6) is 5.75 Å². The number of nitriles is 1. The zero-order valence-electron chi connectivity index (χ0n) is 19.6. The number of rotatable bonds is 4. The molecule has 0 saturated carbocycles. The molecule has 6 heteroatoms. The van der Waals surface area contributed by atoms with E-state index in [0.717, 1.165) is 80.0 Å². The number of para-hydroxylation sites is 2. The van der Waals surface area contributed by atoms with Crippen LogP contribution in [0.3, 0.4) is 0 Å². The summed E-state index contributed by atoms with van der Waals surface area (Å²) < 4.78 is 7.57. The molecular weight excluding hydrogens is 422 g/mol. The van der Waals surface area contributed by atoms with E-state index in [1.54, 1.807) is 7.11 Å². The van der Waals surface area contributed by atoms with Crippen LogP contribution in [-0.4, -0.2) is 47.6 Å². The Labute approximate surface area is 200 Å². The van der Waals surface area contributed by atoms with Gasteiger partial charge in [-0.2, -0.15) is 5.26 Å². The maximum atomic E-state index is 10.1. The Kier molecular flexibility index (Phi) is 5.35. The Hall–Kier alpha value is -3.56. The van der Waals surface area contributed by atoms with Gasteiger partial charge in [0.1, 0.15) is 17.6 Å². The van der Waals surface area contributed by atoms with Crippen molar-refractivity contribution in [2.45, 2.75) is 32.2 Å². The second kappa shape index (κ2) is 8.66. The van der Waals surface area contributed by atoms with Crippen LogP contribution in [0.1, 0.15) is 35.1 Å². The molecule has 6 rings (SSSR count). The van der Waals surface area contributed by atoms with Crippen molar-refractivity contribution in [1.29, 1.82) is 5.26 Å². The van der Waals surface area contributed by atoms with Crippen molar-refractivity contribution < 1.29 is 4.74 Å². The second-order valence-corrected chi connectivity index (χ2v) is 9.35. The molecule has 2 aliphatic rings. The average molecular weight is 452 g/mol. The molecule has 0 unspecified atom stereocenters. The lowest BCUT2D eigenvalue weighted by Crippen LogP contribution is -2.47. The summed E-state index contributed by atoms with van der Waals surface area (Å²) in [5.74, 6) is 2.16. The van der Waals surface area contributed by atoms with Crippen molar-refractivity contribution >= 4 is 22.5 Å². The van der Waals surface area contributed by atoms with Crippen LogP contribution in [0, 0.1) is 11.3 Å². The molecule has 172 valence electrons. The molecule has 34 heavy (non-hydrogen) atoms. The fourth-order valence-corrected chi connectivity index (χ4v) is 5.66. The molecular formula is C28H29N5O. The Morgan fingerprint density at radius 2 is 1.68 bits per heavy atom. The Morgan fingerprint density at radius 3 is 2.41 bits per heavy atom. The lowest BCUT2D eigenvalue weighted by molar-refractivity contribution is 0.249. The first-order valence-corrected chi connectivity index (χ1v) is 12.2. The SMILES string of the molecule is COc1ccc(CN2CCN(c3c4c(c(C#N)c5nc6ccccc6n35)CCCC4)CC2)cc1. The Morgan fingerprint density at radius 1 is 0.941 bits per heavy atom. The van der Waals surface area contributed by atoms with Crippen molar-refractivity contribution in [1.82, 2.24) is 14.3 Å². The molecule has 1 saturated heterocycles. The smallest absolute Gasteiger partial charge is 0.157 e. The highest BCUT2D eigenvalue weighted by Gasteiger charge is 2.29. The second-order valence-electron chi connectivity index (χ2n) is 9.35. The van der Waals surface area contributed by atoms with Crippen molar-refractivity contribution in [3.05, 3.63) is 70.8 Å². The van der Waals surface area contributed by atoms with E-state index in [4.69, 9.17) is 9.72 Å². The molecule has 1 fully saturated rings. The van der Waals surface area contributed by atoms with Crippen LogP contribution in [0.2, 0.25) is 0 Å². The van der Waals surface area contributed by atoms with E-state index >= 15 is 0 Å². The highest BCUT2D eigenvalue weighted by Crippen LogP contribution is 2.37. The summed E-state index contributed by atoms with van der Waals surface area (Å²) in [6.07, 6.45) is 4.34. The summed E-state index contributed by atoms with van der Waals surface area (Å²) >= 11 is 0. The van der Waals surface area contributed by atoms with Crippen LogP contribution < -0.4 is 9.64 Å². The molecule has 4 aromatic rings. The lowest BCUT2D eigenvalue weighted by Gasteiger charge is -2.38. The van der Waals surface area contributed by atoms with Gasteiger partial charge < -0.3 is 9.64 Å². The molecule has 2 aromatic carbocycles. The topological polar surface area (TPSA) is 56.8 Å². The molecule has 6 nitrogen and oxygen atoms in total. The van der Waals surface area contributed by atoms with E-state index in [1.807, 2.05) is 18.2 Å². The van der Waals surface area contributed by atoms with Gasteiger partial charge in [0, 0.05) is 32.7 Å². The summed E-state index contributed by atoms with van der Waals surface area (Å²) in [5, 5.41) is 10.1. The number of imidazole rings is 1. The number of hydrogen-bond acceptors (Lipinski definition) is 5. The van der Waals surface area contributed by atoms with Crippen LogP contribution in [-0.2, 0) is 19.4 Å². The third kappa shape index (κ3) is 3.48. The minimum Gasteiger partial charge on any atom is -0.497 e. The predicted molar refractivity (Wildman–Crippen MR) is 135 cm³/mol. The monoisotopic (exact) mass is 451 g/mol. The van der Waals surface area contributed by atoms with Gasteiger partial charge in [0.25, 0.3) is 0 Å². The normalized spacial score (nSPS) is 16.5. The van der Waals surface area contributed by atoms with Gasteiger partial charge >= 0.3 is 0 Å². The number of anilines is 1. The minimum atomic E-state index is 0.771. The molecule has 0 amide bonds. The molecule has 0 bridgehead atoms. The van der Waals surface area contributed by atoms with Crippen molar-refractivity contribution in [2.75, 3.05) is 38.2 Å². The number of piperazine rings is 1. The maximum absolute atomic E-state index is 10.1. The van der Waals surface area contributed by atoms with Crippen LogP contribution >= 0.6 is 0 Å². The molecule has 1 aliphatic heterocycles. The summed E-state index contributed by atoms with van der Waals surface area (Å²) in [7, 11) is 1.70. The van der Waals surface area contributed by atoms with E-state index in [0.29, 0.717) is 0 Å². The summed E-state index contributed by atoms with van der Waals surface area (Å²) in [6.45, 7) is 4.91. The van der Waals surface area contributed by atoms with Crippen molar-refractivity contribution in [3.63, 3.8) is 0 Å². The standard InChI is InChI=1S/C28H29N5O/c1-34-21-12-10-20(11-13-21)19-31-14-16-32(17-15-31)28-23-7-3-2-6-22(23)24(18-29)27-30-25-8-4-5-9-26(25)33(27)28/h4-5,8-13H,2-3,6-7,14-17,19H2,1H3. The fraction of sp³-hybridized carbons (Fsp3) is 0.357. The third-order valence-corrected chi connectivity index (χ3v) is 7.38. The summed E-state index contributed by atoms with van der Waals surface area (Å²) in [5.41, 5.74) is 7.55. The highest BCUT2D eigenvalue weighted by atomic mass is 16.5. The number of hydrogen-bond donors (Lipinski definition) is 0. The number of fused-ring (bicyclic) bond motifs is 4. The third-order valence-electron chi connectivity index (χ3n) is 7.38. The number of aromatic nitrogens is 2. The minimum absolute atomic E-state index is 0.771. The van der Waals surface area contributed by atoms with E-state index < -0.39 is 0 Å². The fourth-order valence-electron chi connectivity index (χ4n) is 5.66. The first-order chi connectivity index (χ1) is 16.8. The van der Waals surface area contributed by atoms with Gasteiger partial charge in [0.05, 0.1) is 23.7 Å². The quantitative estimate of drug-likeness (QED) is 0.455. The van der Waals surface area contributed by atoms with E-state index in [2.05, 4.69) is 50.6 Å². The van der Waals surface area contributed by atoms with Gasteiger partial charge in [-0.1, -0.05) is 24.3 Å². The van der Waals surface area contributed by atoms with Gasteiger partial charge in [-0.05, 0) is 66.6 Å². The van der Waals surface area contributed by atoms with Crippen LogP contribution in [0.25, 0.3) is 16.7 Å². The first-order valence-electron chi connectivity index (χ1n) is 12.2. The van der Waals surface area contributed by atoms with E-state index in [1.165, 1.54) is 28.9 Å². The van der Waals surface area contributed by atoms with Crippen LogP contribution in [0.4, 0.5) is 5.82 Å². The first kappa shape index (κ1) is 21.0. The zero-order chi connectivity index (χ0) is 23.1.